The lowest BCUT2D eigenvalue weighted by Gasteiger charge is -2.47. The number of hydrogen-bond acceptors (Lipinski definition) is 4. The fourth-order valence-electron chi connectivity index (χ4n) is 2.81. The zero-order valence-corrected chi connectivity index (χ0v) is 12.7. The molecule has 0 aromatic carbocycles. The first-order chi connectivity index (χ1) is 9.67. The van der Waals surface area contributed by atoms with Gasteiger partial charge in [0, 0.05) is 37.1 Å². The van der Waals surface area contributed by atoms with Crippen LogP contribution in [-0.2, 0) is 11.2 Å². The Morgan fingerprint density at radius 1 is 1.50 bits per heavy atom. The summed E-state index contributed by atoms with van der Waals surface area (Å²) >= 11 is 1.65. The maximum atomic E-state index is 12.1. The summed E-state index contributed by atoms with van der Waals surface area (Å²) in [5.74, 6) is 0. The molecule has 0 bridgehead atoms. The molecule has 1 aromatic heterocycles. The van der Waals surface area contributed by atoms with Crippen LogP contribution >= 0.6 is 11.3 Å². The molecule has 2 saturated heterocycles. The molecule has 2 fully saturated rings. The third kappa shape index (κ3) is 2.96. The fraction of sp³-hybridized carbons (Fsp3) is 0.714. The van der Waals surface area contributed by atoms with Gasteiger partial charge in [-0.25, -0.2) is 9.78 Å². The summed E-state index contributed by atoms with van der Waals surface area (Å²) in [4.78, 5) is 18.4. The Morgan fingerprint density at radius 3 is 2.80 bits per heavy atom. The average molecular weight is 295 g/mol. The van der Waals surface area contributed by atoms with Gasteiger partial charge >= 0.3 is 6.03 Å². The third-order valence-corrected chi connectivity index (χ3v) is 5.24. The lowest BCUT2D eigenvalue weighted by molar-refractivity contribution is -0.169. The molecule has 0 saturated carbocycles. The molecule has 0 unspecified atom stereocenters. The normalized spacial score (nSPS) is 20.8. The first-order valence-electron chi connectivity index (χ1n) is 7.25. The monoisotopic (exact) mass is 295 g/mol. The highest BCUT2D eigenvalue weighted by molar-refractivity contribution is 7.09. The van der Waals surface area contributed by atoms with Crippen molar-refractivity contribution in [3.05, 3.63) is 16.1 Å². The first kappa shape index (κ1) is 13.8. The summed E-state index contributed by atoms with van der Waals surface area (Å²) in [6, 6.07) is 0.0486. The van der Waals surface area contributed by atoms with Gasteiger partial charge in [0.1, 0.15) is 0 Å². The predicted molar refractivity (Wildman–Crippen MR) is 78.1 cm³/mol. The van der Waals surface area contributed by atoms with Gasteiger partial charge in [-0.3, -0.25) is 0 Å². The smallest absolute Gasteiger partial charge is 0.317 e. The van der Waals surface area contributed by atoms with E-state index >= 15 is 0 Å². The van der Waals surface area contributed by atoms with Gasteiger partial charge in [-0.05, 0) is 26.2 Å². The minimum atomic E-state index is 0.0486. The van der Waals surface area contributed by atoms with Crippen molar-refractivity contribution < 1.29 is 9.53 Å². The molecule has 1 N–H and O–H groups in total. The van der Waals surface area contributed by atoms with Crippen molar-refractivity contribution in [2.45, 2.75) is 38.2 Å². The second-order valence-electron chi connectivity index (χ2n) is 5.63. The van der Waals surface area contributed by atoms with E-state index in [4.69, 9.17) is 4.74 Å². The maximum absolute atomic E-state index is 12.1. The quantitative estimate of drug-likeness (QED) is 0.927. The van der Waals surface area contributed by atoms with Crippen molar-refractivity contribution in [2.75, 3.05) is 26.2 Å². The predicted octanol–water partition coefficient (Wildman–Crippen LogP) is 1.96. The zero-order valence-electron chi connectivity index (χ0n) is 11.9. The van der Waals surface area contributed by atoms with E-state index in [1.807, 2.05) is 17.2 Å². The van der Waals surface area contributed by atoms with Crippen molar-refractivity contribution >= 4 is 17.4 Å². The van der Waals surface area contributed by atoms with Crippen molar-refractivity contribution in [3.8, 4) is 0 Å². The molecule has 3 heterocycles. The molecule has 5 nitrogen and oxygen atoms in total. The summed E-state index contributed by atoms with van der Waals surface area (Å²) in [5, 5.41) is 6.11. The van der Waals surface area contributed by atoms with Crippen LogP contribution < -0.4 is 5.32 Å². The molecule has 110 valence electrons. The number of thiazole rings is 1. The number of piperidine rings is 1. The van der Waals surface area contributed by atoms with E-state index in [-0.39, 0.29) is 11.6 Å². The first-order valence-corrected chi connectivity index (χ1v) is 8.13. The maximum Gasteiger partial charge on any atom is 0.317 e. The van der Waals surface area contributed by atoms with Crippen molar-refractivity contribution in [2.24, 2.45) is 0 Å². The SMILES string of the molecule is Cc1csc(CCNC(=O)N2CCC3(CCO3)CC2)n1. The van der Waals surface area contributed by atoms with Gasteiger partial charge in [0.05, 0.1) is 17.2 Å². The Kier molecular flexibility index (Phi) is 3.94. The van der Waals surface area contributed by atoms with E-state index in [1.54, 1.807) is 11.3 Å². The summed E-state index contributed by atoms with van der Waals surface area (Å²) < 4.78 is 5.66. The number of nitrogens with zero attached hydrogens (tertiary/aromatic N) is 2. The van der Waals surface area contributed by atoms with Crippen LogP contribution in [0.25, 0.3) is 0 Å². The molecule has 3 rings (SSSR count). The Balaban J connectivity index is 1.39. The molecule has 1 aromatic rings. The lowest BCUT2D eigenvalue weighted by Crippen LogP contribution is -2.55. The van der Waals surface area contributed by atoms with Crippen LogP contribution in [0.2, 0.25) is 0 Å². The Morgan fingerprint density at radius 2 is 2.25 bits per heavy atom. The summed E-state index contributed by atoms with van der Waals surface area (Å²) in [6.07, 6.45) is 3.93. The van der Waals surface area contributed by atoms with E-state index in [1.165, 1.54) is 0 Å². The van der Waals surface area contributed by atoms with Gasteiger partial charge in [-0.2, -0.15) is 0 Å². The van der Waals surface area contributed by atoms with Crippen LogP contribution in [0, 0.1) is 6.92 Å². The van der Waals surface area contributed by atoms with E-state index in [0.717, 1.165) is 56.1 Å². The van der Waals surface area contributed by atoms with Gasteiger partial charge in [-0.1, -0.05) is 0 Å². The number of rotatable bonds is 3. The van der Waals surface area contributed by atoms with Crippen LogP contribution in [0.4, 0.5) is 4.79 Å². The number of aryl methyl sites for hydroxylation is 1. The molecule has 2 aliphatic rings. The lowest BCUT2D eigenvalue weighted by atomic mass is 9.84. The van der Waals surface area contributed by atoms with Crippen LogP contribution in [0.3, 0.4) is 0 Å². The van der Waals surface area contributed by atoms with Crippen molar-refractivity contribution in [1.82, 2.24) is 15.2 Å². The number of hydrogen-bond donors (Lipinski definition) is 1. The molecule has 20 heavy (non-hydrogen) atoms. The minimum Gasteiger partial charge on any atom is -0.375 e. The van der Waals surface area contributed by atoms with Gasteiger partial charge in [0.2, 0.25) is 0 Å². The van der Waals surface area contributed by atoms with Gasteiger partial charge < -0.3 is 15.0 Å². The number of ether oxygens (including phenoxy) is 1. The molecular formula is C14H21N3O2S. The van der Waals surface area contributed by atoms with Crippen LogP contribution in [-0.4, -0.2) is 47.8 Å². The number of carbonyl (C=O) groups is 1. The number of aromatic nitrogens is 1. The van der Waals surface area contributed by atoms with Gasteiger partial charge in [-0.15, -0.1) is 11.3 Å². The largest absolute Gasteiger partial charge is 0.375 e. The van der Waals surface area contributed by atoms with E-state index < -0.39 is 0 Å². The molecule has 2 amide bonds. The second kappa shape index (κ2) is 5.69. The van der Waals surface area contributed by atoms with E-state index in [2.05, 4.69) is 10.3 Å². The highest BCUT2D eigenvalue weighted by Crippen LogP contribution is 2.36. The Bertz CT molecular complexity index is 475. The molecule has 2 aliphatic heterocycles. The minimum absolute atomic E-state index is 0.0486. The highest BCUT2D eigenvalue weighted by Gasteiger charge is 2.41. The van der Waals surface area contributed by atoms with E-state index in [0.29, 0.717) is 6.54 Å². The number of carbonyl (C=O) groups excluding carboxylic acids is 1. The molecule has 6 heteroatoms. The van der Waals surface area contributed by atoms with Crippen molar-refractivity contribution in [1.29, 1.82) is 0 Å². The topological polar surface area (TPSA) is 54.5 Å². The summed E-state index contributed by atoms with van der Waals surface area (Å²) in [5.41, 5.74) is 1.16. The highest BCUT2D eigenvalue weighted by atomic mass is 32.1. The molecule has 1 spiro atoms. The van der Waals surface area contributed by atoms with Crippen LogP contribution in [0.1, 0.15) is 30.0 Å². The Labute approximate surface area is 123 Å². The van der Waals surface area contributed by atoms with Crippen molar-refractivity contribution in [3.63, 3.8) is 0 Å². The summed E-state index contributed by atoms with van der Waals surface area (Å²) in [6.45, 7) is 5.15. The average Bonchev–Trinajstić information content (AvgIpc) is 2.83. The molecule has 0 aliphatic carbocycles. The standard InChI is InChI=1S/C14H21N3O2S/c1-11-10-20-12(16-11)2-6-15-13(18)17-7-3-14(4-8-17)5-9-19-14/h10H,2-9H2,1H3,(H,15,18). The fourth-order valence-corrected chi connectivity index (χ4v) is 3.58. The second-order valence-corrected chi connectivity index (χ2v) is 6.58. The van der Waals surface area contributed by atoms with Crippen LogP contribution in [0.5, 0.6) is 0 Å². The van der Waals surface area contributed by atoms with Gasteiger partial charge in [0.15, 0.2) is 0 Å². The molecule has 0 atom stereocenters. The number of nitrogens with one attached hydrogen (secondary N) is 1. The number of amides is 2. The third-order valence-electron chi connectivity index (χ3n) is 4.21. The summed E-state index contributed by atoms with van der Waals surface area (Å²) in [7, 11) is 0. The van der Waals surface area contributed by atoms with E-state index in [9.17, 15) is 4.79 Å². The number of likely N-dealkylation sites (tertiary alicyclic amines) is 1. The Hall–Kier alpha value is -1.14. The number of urea groups is 1. The zero-order chi connectivity index (χ0) is 14.0. The molecule has 0 radical (unpaired) electrons. The van der Waals surface area contributed by atoms with Gasteiger partial charge in [0.25, 0.3) is 0 Å². The van der Waals surface area contributed by atoms with Crippen LogP contribution in [0.15, 0.2) is 5.38 Å². The molecular weight excluding hydrogens is 274 g/mol.